The molecular formula is C13H17ClN4. The van der Waals surface area contributed by atoms with Crippen molar-refractivity contribution in [2.45, 2.75) is 19.4 Å². The Balaban J connectivity index is 1.84. The van der Waals surface area contributed by atoms with E-state index < -0.39 is 0 Å². The first-order chi connectivity index (χ1) is 8.74. The van der Waals surface area contributed by atoms with Gasteiger partial charge >= 0.3 is 0 Å². The van der Waals surface area contributed by atoms with E-state index >= 15 is 0 Å². The van der Waals surface area contributed by atoms with Gasteiger partial charge in [-0.3, -0.25) is 4.68 Å². The quantitative estimate of drug-likeness (QED) is 0.866. The first kappa shape index (κ1) is 11.8. The molecule has 4 nitrogen and oxygen atoms in total. The van der Waals surface area contributed by atoms with Gasteiger partial charge in [0.05, 0.1) is 12.1 Å². The highest BCUT2D eigenvalue weighted by atomic mass is 35.5. The second-order valence-electron chi connectivity index (χ2n) is 4.84. The molecule has 1 saturated heterocycles. The summed E-state index contributed by atoms with van der Waals surface area (Å²) in [5.74, 6) is 0. The lowest BCUT2D eigenvalue weighted by molar-refractivity contribution is 0.318. The van der Waals surface area contributed by atoms with Gasteiger partial charge in [0, 0.05) is 17.6 Å². The first-order valence-corrected chi connectivity index (χ1v) is 6.76. The predicted molar refractivity (Wildman–Crippen MR) is 74.8 cm³/mol. The molecule has 0 bridgehead atoms. The summed E-state index contributed by atoms with van der Waals surface area (Å²) < 4.78 is 1.96. The van der Waals surface area contributed by atoms with Gasteiger partial charge in [-0.1, -0.05) is 11.6 Å². The molecule has 3 rings (SSSR count). The zero-order valence-corrected chi connectivity index (χ0v) is 11.0. The number of hydrogen-bond donors (Lipinski definition) is 1. The second kappa shape index (κ2) is 4.78. The van der Waals surface area contributed by atoms with Crippen LogP contribution in [0.15, 0.2) is 18.2 Å². The molecule has 0 saturated carbocycles. The topological polar surface area (TPSA) is 47.1 Å². The van der Waals surface area contributed by atoms with Crippen LogP contribution in [0, 0.1) is 0 Å². The molecule has 5 heteroatoms. The zero-order chi connectivity index (χ0) is 12.5. The minimum absolute atomic E-state index is 0.562. The number of nitrogens with two attached hydrogens (primary N) is 1. The van der Waals surface area contributed by atoms with E-state index in [0.29, 0.717) is 5.15 Å². The Labute approximate surface area is 111 Å². The van der Waals surface area contributed by atoms with Gasteiger partial charge in [-0.25, -0.2) is 0 Å². The summed E-state index contributed by atoms with van der Waals surface area (Å²) in [4.78, 5) is 2.47. The lowest BCUT2D eigenvalue weighted by atomic mass is 10.2. The number of benzene rings is 1. The van der Waals surface area contributed by atoms with E-state index in [1.807, 2.05) is 22.9 Å². The molecular weight excluding hydrogens is 248 g/mol. The Hall–Kier alpha value is -1.26. The molecule has 2 heterocycles. The first-order valence-electron chi connectivity index (χ1n) is 6.38. The third kappa shape index (κ3) is 2.18. The summed E-state index contributed by atoms with van der Waals surface area (Å²) in [6, 6.07) is 5.74. The fraction of sp³-hybridized carbons (Fsp3) is 0.462. The minimum Gasteiger partial charge on any atom is -0.399 e. The molecule has 0 spiro atoms. The van der Waals surface area contributed by atoms with Gasteiger partial charge in [0.1, 0.15) is 0 Å². The van der Waals surface area contributed by atoms with Crippen molar-refractivity contribution in [2.75, 3.05) is 25.4 Å². The highest BCUT2D eigenvalue weighted by molar-refractivity contribution is 6.34. The van der Waals surface area contributed by atoms with Crippen LogP contribution in [0.2, 0.25) is 5.15 Å². The number of halogens is 1. The van der Waals surface area contributed by atoms with Crippen molar-refractivity contribution in [2.24, 2.45) is 0 Å². The normalized spacial score (nSPS) is 16.7. The van der Waals surface area contributed by atoms with Gasteiger partial charge in [0.15, 0.2) is 5.15 Å². The standard InChI is InChI=1S/C13H17ClN4/c14-13-11-4-3-10(15)9-12(11)18(16-13)8-7-17-5-1-2-6-17/h3-4,9H,1-2,5-8,15H2. The fourth-order valence-electron chi connectivity index (χ4n) is 2.56. The number of aromatic nitrogens is 2. The predicted octanol–water partition coefficient (Wildman–Crippen LogP) is 2.37. The van der Waals surface area contributed by atoms with Crippen LogP contribution in [0.25, 0.3) is 10.9 Å². The van der Waals surface area contributed by atoms with Crippen LogP contribution in [0.3, 0.4) is 0 Å². The highest BCUT2D eigenvalue weighted by Crippen LogP contribution is 2.24. The van der Waals surface area contributed by atoms with Crippen LogP contribution >= 0.6 is 11.6 Å². The van der Waals surface area contributed by atoms with E-state index in [2.05, 4.69) is 10.00 Å². The van der Waals surface area contributed by atoms with Gasteiger partial charge in [-0.15, -0.1) is 0 Å². The van der Waals surface area contributed by atoms with Crippen LogP contribution in [0.4, 0.5) is 5.69 Å². The molecule has 0 atom stereocenters. The maximum absolute atomic E-state index is 6.14. The van der Waals surface area contributed by atoms with Crippen LogP contribution in [-0.4, -0.2) is 34.3 Å². The number of rotatable bonds is 3. The van der Waals surface area contributed by atoms with Crippen molar-refractivity contribution in [1.29, 1.82) is 0 Å². The van der Waals surface area contributed by atoms with E-state index in [9.17, 15) is 0 Å². The Morgan fingerprint density at radius 1 is 1.22 bits per heavy atom. The van der Waals surface area contributed by atoms with Gasteiger partial charge in [0.2, 0.25) is 0 Å². The third-order valence-electron chi connectivity index (χ3n) is 3.56. The summed E-state index contributed by atoms with van der Waals surface area (Å²) in [5, 5.41) is 5.93. The van der Waals surface area contributed by atoms with Crippen molar-refractivity contribution >= 4 is 28.2 Å². The van der Waals surface area contributed by atoms with Crippen LogP contribution in [0.1, 0.15) is 12.8 Å². The molecule has 0 radical (unpaired) electrons. The summed E-state index contributed by atoms with van der Waals surface area (Å²) in [6.45, 7) is 4.30. The maximum atomic E-state index is 6.14. The van der Waals surface area contributed by atoms with Crippen LogP contribution in [0.5, 0.6) is 0 Å². The van der Waals surface area contributed by atoms with Gasteiger partial charge in [0.25, 0.3) is 0 Å². The lowest BCUT2D eigenvalue weighted by Crippen LogP contribution is -2.24. The summed E-state index contributed by atoms with van der Waals surface area (Å²) >= 11 is 6.14. The molecule has 1 aliphatic heterocycles. The molecule has 1 fully saturated rings. The average Bonchev–Trinajstić information content (AvgIpc) is 2.95. The Morgan fingerprint density at radius 2 is 2.00 bits per heavy atom. The number of nitrogens with zero attached hydrogens (tertiary/aromatic N) is 3. The second-order valence-corrected chi connectivity index (χ2v) is 5.20. The minimum atomic E-state index is 0.562. The van der Waals surface area contributed by atoms with Crippen LogP contribution in [-0.2, 0) is 6.54 Å². The Kier molecular flexibility index (Phi) is 3.14. The molecule has 2 aromatic rings. The van der Waals surface area contributed by atoms with E-state index in [-0.39, 0.29) is 0 Å². The third-order valence-corrected chi connectivity index (χ3v) is 3.84. The molecule has 1 aromatic carbocycles. The molecule has 96 valence electrons. The Morgan fingerprint density at radius 3 is 2.78 bits per heavy atom. The lowest BCUT2D eigenvalue weighted by Gasteiger charge is -2.14. The zero-order valence-electron chi connectivity index (χ0n) is 10.3. The average molecular weight is 265 g/mol. The van der Waals surface area contributed by atoms with E-state index in [4.69, 9.17) is 17.3 Å². The highest BCUT2D eigenvalue weighted by Gasteiger charge is 2.13. The van der Waals surface area contributed by atoms with Gasteiger partial charge in [-0.05, 0) is 44.1 Å². The number of fused-ring (bicyclic) bond motifs is 1. The number of anilines is 1. The van der Waals surface area contributed by atoms with E-state index in [1.54, 1.807) is 0 Å². The van der Waals surface area contributed by atoms with Crippen molar-refractivity contribution in [3.63, 3.8) is 0 Å². The molecule has 0 amide bonds. The van der Waals surface area contributed by atoms with Gasteiger partial charge in [-0.2, -0.15) is 5.10 Å². The smallest absolute Gasteiger partial charge is 0.158 e. The molecule has 0 unspecified atom stereocenters. The van der Waals surface area contributed by atoms with Crippen molar-refractivity contribution in [3.05, 3.63) is 23.4 Å². The summed E-state index contributed by atoms with van der Waals surface area (Å²) in [6.07, 6.45) is 2.63. The van der Waals surface area contributed by atoms with E-state index in [1.165, 1.54) is 25.9 Å². The Bertz CT molecular complexity index is 557. The molecule has 18 heavy (non-hydrogen) atoms. The molecule has 2 N–H and O–H groups in total. The molecule has 1 aromatic heterocycles. The maximum Gasteiger partial charge on any atom is 0.158 e. The number of likely N-dealkylation sites (tertiary alicyclic amines) is 1. The van der Waals surface area contributed by atoms with Crippen LogP contribution < -0.4 is 5.73 Å². The monoisotopic (exact) mass is 264 g/mol. The number of hydrogen-bond acceptors (Lipinski definition) is 3. The summed E-state index contributed by atoms with van der Waals surface area (Å²) in [7, 11) is 0. The molecule has 0 aliphatic carbocycles. The van der Waals surface area contributed by atoms with E-state index in [0.717, 1.165) is 29.7 Å². The molecule has 1 aliphatic rings. The fourth-order valence-corrected chi connectivity index (χ4v) is 2.81. The largest absolute Gasteiger partial charge is 0.399 e. The van der Waals surface area contributed by atoms with Gasteiger partial charge < -0.3 is 10.6 Å². The van der Waals surface area contributed by atoms with Crippen molar-refractivity contribution < 1.29 is 0 Å². The van der Waals surface area contributed by atoms with Crippen molar-refractivity contribution in [1.82, 2.24) is 14.7 Å². The summed E-state index contributed by atoms with van der Waals surface area (Å²) in [5.41, 5.74) is 7.60. The van der Waals surface area contributed by atoms with Crippen molar-refractivity contribution in [3.8, 4) is 0 Å². The SMILES string of the molecule is Nc1ccc2c(Cl)nn(CCN3CCCC3)c2c1. The number of nitrogen functional groups attached to an aromatic ring is 1.